The smallest absolute Gasteiger partial charge is 0.141 e. The molecule has 1 N–H and O–H groups in total. The fourth-order valence-electron chi connectivity index (χ4n) is 2.39. The maximum Gasteiger partial charge on any atom is 0.141 e. The van der Waals surface area contributed by atoms with Crippen molar-refractivity contribution in [2.24, 2.45) is 0 Å². The largest absolute Gasteiger partial charge is 0.310 e. The van der Waals surface area contributed by atoms with Crippen LogP contribution in [0.25, 0.3) is 0 Å². The molecule has 3 heteroatoms. The molecular weight excluding hydrogens is 263 g/mol. The minimum absolute atomic E-state index is 0.0978. The summed E-state index contributed by atoms with van der Waals surface area (Å²) in [6.45, 7) is 5.19. The van der Waals surface area contributed by atoms with Crippen molar-refractivity contribution in [3.63, 3.8) is 0 Å². The molecule has 1 unspecified atom stereocenters. The average Bonchev–Trinajstić information content (AvgIpc) is 2.52. The van der Waals surface area contributed by atoms with Crippen molar-refractivity contribution in [1.82, 2.24) is 10.3 Å². The van der Waals surface area contributed by atoms with Gasteiger partial charge >= 0.3 is 0 Å². The number of benzene rings is 1. The fraction of sp³-hybridized carbons (Fsp3) is 0.389. The van der Waals surface area contributed by atoms with Crippen molar-refractivity contribution in [1.29, 1.82) is 0 Å². The van der Waals surface area contributed by atoms with Crippen LogP contribution >= 0.6 is 0 Å². The number of hydrogen-bond acceptors (Lipinski definition) is 2. The van der Waals surface area contributed by atoms with Crippen molar-refractivity contribution in [2.75, 3.05) is 6.54 Å². The van der Waals surface area contributed by atoms with Crippen LogP contribution in [0.1, 0.15) is 43.0 Å². The number of halogens is 1. The SMILES string of the molecule is CCCNC(Cc1ccc(CC)cc1)c1cncc(F)c1. The van der Waals surface area contributed by atoms with Crippen LogP contribution in [0.5, 0.6) is 0 Å². The molecule has 1 atom stereocenters. The fourth-order valence-corrected chi connectivity index (χ4v) is 2.39. The van der Waals surface area contributed by atoms with E-state index in [0.717, 1.165) is 31.4 Å². The third-order valence-electron chi connectivity index (χ3n) is 3.64. The highest BCUT2D eigenvalue weighted by molar-refractivity contribution is 5.25. The van der Waals surface area contributed by atoms with Crippen LogP contribution in [0.2, 0.25) is 0 Å². The Labute approximate surface area is 126 Å². The van der Waals surface area contributed by atoms with Gasteiger partial charge in [0, 0.05) is 12.2 Å². The van der Waals surface area contributed by atoms with Crippen LogP contribution in [0.3, 0.4) is 0 Å². The van der Waals surface area contributed by atoms with Crippen LogP contribution < -0.4 is 5.32 Å². The van der Waals surface area contributed by atoms with Crippen LogP contribution in [0, 0.1) is 5.82 Å². The minimum atomic E-state index is -0.280. The van der Waals surface area contributed by atoms with Crippen LogP contribution in [0.15, 0.2) is 42.7 Å². The van der Waals surface area contributed by atoms with Gasteiger partial charge in [0.2, 0.25) is 0 Å². The summed E-state index contributed by atoms with van der Waals surface area (Å²) < 4.78 is 13.4. The third kappa shape index (κ3) is 4.64. The molecule has 0 aliphatic carbocycles. The zero-order chi connectivity index (χ0) is 15.1. The Bertz CT molecular complexity index is 551. The highest BCUT2D eigenvalue weighted by atomic mass is 19.1. The lowest BCUT2D eigenvalue weighted by Gasteiger charge is -2.19. The summed E-state index contributed by atoms with van der Waals surface area (Å²) in [5, 5.41) is 3.48. The zero-order valence-corrected chi connectivity index (χ0v) is 12.8. The van der Waals surface area contributed by atoms with Crippen LogP contribution in [-0.2, 0) is 12.8 Å². The lowest BCUT2D eigenvalue weighted by atomic mass is 9.98. The number of aromatic nitrogens is 1. The maximum absolute atomic E-state index is 13.4. The van der Waals surface area contributed by atoms with E-state index in [1.54, 1.807) is 12.3 Å². The van der Waals surface area contributed by atoms with Gasteiger partial charge in [-0.1, -0.05) is 38.1 Å². The van der Waals surface area contributed by atoms with Gasteiger partial charge in [-0.3, -0.25) is 4.98 Å². The Hall–Kier alpha value is -1.74. The first-order valence-corrected chi connectivity index (χ1v) is 7.64. The molecule has 112 valence electrons. The molecule has 0 amide bonds. The van der Waals surface area contributed by atoms with Gasteiger partial charge in [0.05, 0.1) is 6.20 Å². The normalized spacial score (nSPS) is 12.3. The van der Waals surface area contributed by atoms with E-state index in [4.69, 9.17) is 0 Å². The molecule has 0 radical (unpaired) electrons. The molecule has 2 rings (SSSR count). The summed E-state index contributed by atoms with van der Waals surface area (Å²) in [6.07, 6.45) is 5.93. The second-order valence-corrected chi connectivity index (χ2v) is 5.32. The quantitative estimate of drug-likeness (QED) is 0.830. The Kier molecular flexibility index (Phi) is 5.88. The van der Waals surface area contributed by atoms with Gasteiger partial charge in [-0.15, -0.1) is 0 Å². The first-order chi connectivity index (χ1) is 10.2. The number of rotatable bonds is 7. The lowest BCUT2D eigenvalue weighted by Crippen LogP contribution is -2.24. The van der Waals surface area contributed by atoms with Gasteiger partial charge in [-0.25, -0.2) is 4.39 Å². The van der Waals surface area contributed by atoms with E-state index >= 15 is 0 Å². The van der Waals surface area contributed by atoms with Crippen molar-refractivity contribution < 1.29 is 4.39 Å². The van der Waals surface area contributed by atoms with E-state index in [1.165, 1.54) is 17.3 Å². The second kappa shape index (κ2) is 7.89. The molecule has 0 fully saturated rings. The number of pyridine rings is 1. The predicted molar refractivity (Wildman–Crippen MR) is 84.8 cm³/mol. The van der Waals surface area contributed by atoms with Gasteiger partial charge in [0.25, 0.3) is 0 Å². The van der Waals surface area contributed by atoms with Crippen molar-refractivity contribution >= 4 is 0 Å². The van der Waals surface area contributed by atoms with Crippen molar-refractivity contribution in [3.8, 4) is 0 Å². The Morgan fingerprint density at radius 3 is 2.43 bits per heavy atom. The van der Waals surface area contributed by atoms with Crippen LogP contribution in [-0.4, -0.2) is 11.5 Å². The molecule has 1 aromatic heterocycles. The summed E-state index contributed by atoms with van der Waals surface area (Å²) in [5.41, 5.74) is 3.50. The summed E-state index contributed by atoms with van der Waals surface area (Å²) in [7, 11) is 0. The van der Waals surface area contributed by atoms with Gasteiger partial charge in [-0.05, 0) is 48.6 Å². The van der Waals surface area contributed by atoms with Crippen LogP contribution in [0.4, 0.5) is 4.39 Å². The predicted octanol–water partition coefficient (Wildman–Crippen LogP) is 4.07. The maximum atomic E-state index is 13.4. The molecule has 0 bridgehead atoms. The Morgan fingerprint density at radius 2 is 1.81 bits per heavy atom. The third-order valence-corrected chi connectivity index (χ3v) is 3.64. The standard InChI is InChI=1S/C18H23FN2/c1-3-9-21-18(16-11-17(19)13-20-12-16)10-15-7-5-14(4-2)6-8-15/h5-8,11-13,18,21H,3-4,9-10H2,1-2H3. The zero-order valence-electron chi connectivity index (χ0n) is 12.8. The van der Waals surface area contributed by atoms with Gasteiger partial charge in [-0.2, -0.15) is 0 Å². The first kappa shape index (κ1) is 15.6. The van der Waals surface area contributed by atoms with Gasteiger partial charge in [0.15, 0.2) is 0 Å². The van der Waals surface area contributed by atoms with E-state index in [0.29, 0.717) is 0 Å². The molecule has 1 aromatic carbocycles. The average molecular weight is 286 g/mol. The Morgan fingerprint density at radius 1 is 1.10 bits per heavy atom. The van der Waals surface area contributed by atoms with E-state index in [1.807, 2.05) is 0 Å². The number of aryl methyl sites for hydroxylation is 1. The van der Waals surface area contributed by atoms with Crippen molar-refractivity contribution in [3.05, 3.63) is 65.2 Å². The summed E-state index contributed by atoms with van der Waals surface area (Å²) in [6, 6.07) is 10.3. The van der Waals surface area contributed by atoms with E-state index in [-0.39, 0.29) is 11.9 Å². The molecule has 1 heterocycles. The monoisotopic (exact) mass is 286 g/mol. The van der Waals surface area contributed by atoms with Gasteiger partial charge in [0.1, 0.15) is 5.82 Å². The summed E-state index contributed by atoms with van der Waals surface area (Å²) >= 11 is 0. The molecule has 0 spiro atoms. The molecule has 2 aromatic rings. The molecule has 0 aliphatic rings. The molecule has 0 saturated heterocycles. The second-order valence-electron chi connectivity index (χ2n) is 5.32. The first-order valence-electron chi connectivity index (χ1n) is 7.64. The van der Waals surface area contributed by atoms with Crippen molar-refractivity contribution in [2.45, 2.75) is 39.2 Å². The molecule has 21 heavy (non-hydrogen) atoms. The minimum Gasteiger partial charge on any atom is -0.310 e. The molecular formula is C18H23FN2. The number of nitrogens with zero attached hydrogens (tertiary/aromatic N) is 1. The lowest BCUT2D eigenvalue weighted by molar-refractivity contribution is 0.521. The van der Waals surface area contributed by atoms with E-state index in [9.17, 15) is 4.39 Å². The summed E-state index contributed by atoms with van der Waals surface area (Å²) in [5.74, 6) is -0.280. The van der Waals surface area contributed by atoms with E-state index < -0.39 is 0 Å². The van der Waals surface area contributed by atoms with E-state index in [2.05, 4.69) is 48.4 Å². The Balaban J connectivity index is 2.15. The number of nitrogens with one attached hydrogen (secondary N) is 1. The summed E-state index contributed by atoms with van der Waals surface area (Å²) in [4.78, 5) is 3.97. The highest BCUT2D eigenvalue weighted by Gasteiger charge is 2.12. The topological polar surface area (TPSA) is 24.9 Å². The van der Waals surface area contributed by atoms with Gasteiger partial charge < -0.3 is 5.32 Å². The molecule has 0 saturated carbocycles. The highest BCUT2D eigenvalue weighted by Crippen LogP contribution is 2.19. The molecule has 0 aliphatic heterocycles. The molecule has 2 nitrogen and oxygen atoms in total. The number of hydrogen-bond donors (Lipinski definition) is 1.